The fourth-order valence-corrected chi connectivity index (χ4v) is 2.89. The van der Waals surface area contributed by atoms with Crippen molar-refractivity contribution in [3.05, 3.63) is 16.9 Å². The molecule has 0 saturated carbocycles. The quantitative estimate of drug-likeness (QED) is 0.826. The standard InChI is InChI=1S/C14H18BrN3O3/c15-10-8-16-14(17-9-10)21-11-3-5-18(6-4-11)13(19)12-2-1-7-20-12/h8-9,11-12H,1-7H2. The van der Waals surface area contributed by atoms with Crippen molar-refractivity contribution in [3.63, 3.8) is 0 Å². The zero-order valence-electron chi connectivity index (χ0n) is 11.7. The summed E-state index contributed by atoms with van der Waals surface area (Å²) < 4.78 is 12.0. The Morgan fingerprint density at radius 3 is 2.62 bits per heavy atom. The van der Waals surface area contributed by atoms with Gasteiger partial charge in [-0.05, 0) is 28.8 Å². The number of amides is 1. The van der Waals surface area contributed by atoms with Crippen LogP contribution in [-0.4, -0.2) is 52.7 Å². The number of carbonyl (C=O) groups is 1. The number of nitrogens with zero attached hydrogens (tertiary/aromatic N) is 3. The molecule has 114 valence electrons. The van der Waals surface area contributed by atoms with Gasteiger partial charge in [-0.25, -0.2) is 9.97 Å². The fraction of sp³-hybridized carbons (Fsp3) is 0.643. The molecule has 0 bridgehead atoms. The van der Waals surface area contributed by atoms with E-state index in [1.54, 1.807) is 12.4 Å². The monoisotopic (exact) mass is 355 g/mol. The number of rotatable bonds is 3. The third-order valence-corrected chi connectivity index (χ3v) is 4.24. The molecule has 0 spiro atoms. The average molecular weight is 356 g/mol. The second-order valence-electron chi connectivity index (χ2n) is 5.33. The van der Waals surface area contributed by atoms with Gasteiger partial charge in [0, 0.05) is 44.9 Å². The van der Waals surface area contributed by atoms with Crippen LogP contribution in [0.15, 0.2) is 16.9 Å². The predicted octanol–water partition coefficient (Wildman–Crippen LogP) is 1.79. The molecule has 0 aliphatic carbocycles. The molecular weight excluding hydrogens is 338 g/mol. The van der Waals surface area contributed by atoms with E-state index in [9.17, 15) is 4.79 Å². The Balaban J connectivity index is 1.48. The first-order valence-electron chi connectivity index (χ1n) is 7.27. The third kappa shape index (κ3) is 3.71. The van der Waals surface area contributed by atoms with E-state index in [2.05, 4.69) is 25.9 Å². The van der Waals surface area contributed by atoms with Crippen molar-refractivity contribution < 1.29 is 14.3 Å². The maximum atomic E-state index is 12.2. The average Bonchev–Trinajstić information content (AvgIpc) is 3.04. The van der Waals surface area contributed by atoms with Crippen LogP contribution >= 0.6 is 15.9 Å². The van der Waals surface area contributed by atoms with Crippen molar-refractivity contribution in [1.82, 2.24) is 14.9 Å². The molecule has 1 aromatic heterocycles. The molecule has 2 fully saturated rings. The zero-order chi connectivity index (χ0) is 14.7. The highest BCUT2D eigenvalue weighted by Crippen LogP contribution is 2.20. The van der Waals surface area contributed by atoms with Crippen molar-refractivity contribution >= 4 is 21.8 Å². The molecule has 1 aromatic rings. The first-order valence-corrected chi connectivity index (χ1v) is 8.06. The van der Waals surface area contributed by atoms with Crippen LogP contribution in [0.2, 0.25) is 0 Å². The topological polar surface area (TPSA) is 64.5 Å². The molecule has 3 heterocycles. The van der Waals surface area contributed by atoms with E-state index in [-0.39, 0.29) is 18.1 Å². The maximum absolute atomic E-state index is 12.2. The third-order valence-electron chi connectivity index (χ3n) is 3.83. The van der Waals surface area contributed by atoms with Crippen molar-refractivity contribution in [3.8, 4) is 6.01 Å². The van der Waals surface area contributed by atoms with Gasteiger partial charge in [0.1, 0.15) is 12.2 Å². The number of hydrogen-bond acceptors (Lipinski definition) is 5. The number of carbonyl (C=O) groups excluding carboxylic acids is 1. The summed E-state index contributed by atoms with van der Waals surface area (Å²) in [7, 11) is 0. The van der Waals surface area contributed by atoms with Gasteiger partial charge < -0.3 is 14.4 Å². The molecule has 1 amide bonds. The number of aromatic nitrogens is 2. The van der Waals surface area contributed by atoms with E-state index in [0.717, 1.165) is 30.2 Å². The molecule has 1 atom stereocenters. The van der Waals surface area contributed by atoms with Crippen LogP contribution in [0.5, 0.6) is 6.01 Å². The van der Waals surface area contributed by atoms with E-state index in [1.807, 2.05) is 4.90 Å². The van der Waals surface area contributed by atoms with Crippen LogP contribution in [-0.2, 0) is 9.53 Å². The lowest BCUT2D eigenvalue weighted by Gasteiger charge is -2.32. The van der Waals surface area contributed by atoms with Gasteiger partial charge in [0.15, 0.2) is 0 Å². The summed E-state index contributed by atoms with van der Waals surface area (Å²) in [5.74, 6) is 0.130. The molecule has 0 aromatic carbocycles. The molecule has 0 N–H and O–H groups in total. The summed E-state index contributed by atoms with van der Waals surface area (Å²) in [4.78, 5) is 22.3. The minimum absolute atomic E-state index is 0.0692. The highest BCUT2D eigenvalue weighted by molar-refractivity contribution is 9.10. The lowest BCUT2D eigenvalue weighted by Crippen LogP contribution is -2.46. The number of ether oxygens (including phenoxy) is 2. The van der Waals surface area contributed by atoms with Gasteiger partial charge in [-0.3, -0.25) is 4.79 Å². The predicted molar refractivity (Wildman–Crippen MR) is 78.9 cm³/mol. The highest BCUT2D eigenvalue weighted by atomic mass is 79.9. The summed E-state index contributed by atoms with van der Waals surface area (Å²) in [5.41, 5.74) is 0. The summed E-state index contributed by atoms with van der Waals surface area (Å²) in [6.45, 7) is 2.12. The molecule has 1 unspecified atom stereocenters. The highest BCUT2D eigenvalue weighted by Gasteiger charge is 2.31. The van der Waals surface area contributed by atoms with Crippen molar-refractivity contribution in [1.29, 1.82) is 0 Å². The second kappa shape index (κ2) is 6.70. The van der Waals surface area contributed by atoms with E-state index in [4.69, 9.17) is 9.47 Å². The van der Waals surface area contributed by atoms with Crippen LogP contribution in [0.25, 0.3) is 0 Å². The minimum Gasteiger partial charge on any atom is -0.460 e. The Kier molecular flexibility index (Phi) is 4.70. The van der Waals surface area contributed by atoms with E-state index in [1.165, 1.54) is 0 Å². The van der Waals surface area contributed by atoms with Gasteiger partial charge in [0.2, 0.25) is 0 Å². The van der Waals surface area contributed by atoms with Crippen LogP contribution in [0.3, 0.4) is 0 Å². The van der Waals surface area contributed by atoms with Gasteiger partial charge in [-0.15, -0.1) is 0 Å². The van der Waals surface area contributed by atoms with E-state index < -0.39 is 0 Å². The van der Waals surface area contributed by atoms with E-state index >= 15 is 0 Å². The summed E-state index contributed by atoms with van der Waals surface area (Å²) in [6, 6.07) is 0.391. The first kappa shape index (κ1) is 14.7. The van der Waals surface area contributed by atoms with Crippen LogP contribution in [0.4, 0.5) is 0 Å². The lowest BCUT2D eigenvalue weighted by atomic mass is 10.1. The number of halogens is 1. The van der Waals surface area contributed by atoms with Crippen LogP contribution in [0, 0.1) is 0 Å². The van der Waals surface area contributed by atoms with Gasteiger partial charge in [0.25, 0.3) is 5.91 Å². The summed E-state index contributed by atoms with van der Waals surface area (Å²) in [6.07, 6.45) is 6.61. The Morgan fingerprint density at radius 1 is 1.29 bits per heavy atom. The Morgan fingerprint density at radius 2 is 2.00 bits per heavy atom. The molecule has 3 rings (SSSR count). The van der Waals surface area contributed by atoms with Crippen LogP contribution < -0.4 is 4.74 Å². The first-order chi connectivity index (χ1) is 10.2. The van der Waals surface area contributed by atoms with Gasteiger partial charge in [-0.2, -0.15) is 0 Å². The SMILES string of the molecule is O=C(C1CCCO1)N1CCC(Oc2ncc(Br)cn2)CC1. The van der Waals surface area contributed by atoms with Gasteiger partial charge >= 0.3 is 6.01 Å². The smallest absolute Gasteiger partial charge is 0.316 e. The number of likely N-dealkylation sites (tertiary alicyclic amines) is 1. The molecule has 2 aliphatic rings. The second-order valence-corrected chi connectivity index (χ2v) is 6.24. The molecule has 2 saturated heterocycles. The van der Waals surface area contributed by atoms with E-state index in [0.29, 0.717) is 25.7 Å². The van der Waals surface area contributed by atoms with Gasteiger partial charge in [-0.1, -0.05) is 0 Å². The molecule has 2 aliphatic heterocycles. The molecule has 21 heavy (non-hydrogen) atoms. The fourth-order valence-electron chi connectivity index (χ4n) is 2.68. The molecule has 0 radical (unpaired) electrons. The summed E-state index contributed by atoms with van der Waals surface area (Å²) >= 11 is 3.29. The Hall–Kier alpha value is -1.21. The summed E-state index contributed by atoms with van der Waals surface area (Å²) in [5, 5.41) is 0. The van der Waals surface area contributed by atoms with Crippen molar-refractivity contribution in [2.45, 2.75) is 37.9 Å². The minimum atomic E-state index is -0.225. The van der Waals surface area contributed by atoms with Gasteiger partial charge in [0.05, 0.1) is 4.47 Å². The molecule has 6 nitrogen and oxygen atoms in total. The largest absolute Gasteiger partial charge is 0.460 e. The molecule has 7 heteroatoms. The van der Waals surface area contributed by atoms with Crippen LogP contribution in [0.1, 0.15) is 25.7 Å². The van der Waals surface area contributed by atoms with Crippen molar-refractivity contribution in [2.24, 2.45) is 0 Å². The normalized spacial score (nSPS) is 23.3. The number of hydrogen-bond donors (Lipinski definition) is 0. The maximum Gasteiger partial charge on any atom is 0.316 e. The number of piperidine rings is 1. The lowest BCUT2D eigenvalue weighted by molar-refractivity contribution is -0.142. The zero-order valence-corrected chi connectivity index (χ0v) is 13.3. The van der Waals surface area contributed by atoms with Crippen molar-refractivity contribution in [2.75, 3.05) is 19.7 Å². The molecular formula is C14H18BrN3O3. The Bertz CT molecular complexity index is 483. The Labute approximate surface area is 132 Å².